The van der Waals surface area contributed by atoms with Crippen LogP contribution in [0.5, 0.6) is 0 Å². The third-order valence-electron chi connectivity index (χ3n) is 4.98. The smallest absolute Gasteiger partial charge is 0.330 e. The van der Waals surface area contributed by atoms with Gasteiger partial charge < -0.3 is 9.47 Å². The predicted octanol–water partition coefficient (Wildman–Crippen LogP) is 0.244. The van der Waals surface area contributed by atoms with Crippen molar-refractivity contribution in [3.63, 3.8) is 0 Å². The molecule has 1 aromatic rings. The molecule has 0 radical (unpaired) electrons. The van der Waals surface area contributed by atoms with Gasteiger partial charge in [0.15, 0.2) is 0 Å². The third kappa shape index (κ3) is 3.96. The van der Waals surface area contributed by atoms with Crippen molar-refractivity contribution < 1.29 is 9.47 Å². The second-order valence-corrected chi connectivity index (χ2v) is 6.84. The van der Waals surface area contributed by atoms with E-state index in [2.05, 4.69) is 4.90 Å². The van der Waals surface area contributed by atoms with Gasteiger partial charge in [-0.15, -0.1) is 0 Å². The van der Waals surface area contributed by atoms with Crippen molar-refractivity contribution in [3.05, 3.63) is 32.6 Å². The quantitative estimate of drug-likeness (QED) is 0.744. The molecular formula is C17H27N3O4. The Morgan fingerprint density at radius 3 is 2.12 bits per heavy atom. The van der Waals surface area contributed by atoms with Crippen LogP contribution in [-0.4, -0.2) is 52.5 Å². The summed E-state index contributed by atoms with van der Waals surface area (Å²) in [5, 5.41) is 0. The summed E-state index contributed by atoms with van der Waals surface area (Å²) >= 11 is 0. The van der Waals surface area contributed by atoms with E-state index >= 15 is 0 Å². The third-order valence-corrected chi connectivity index (χ3v) is 4.98. The van der Waals surface area contributed by atoms with Crippen LogP contribution in [0.1, 0.15) is 31.4 Å². The number of hydrogen-bond acceptors (Lipinski definition) is 5. The lowest BCUT2D eigenvalue weighted by atomic mass is 10.2. The summed E-state index contributed by atoms with van der Waals surface area (Å²) in [4.78, 5) is 26.4. The van der Waals surface area contributed by atoms with Gasteiger partial charge in [-0.2, -0.15) is 0 Å². The highest BCUT2D eigenvalue weighted by molar-refractivity contribution is 5.02. The average molecular weight is 337 g/mol. The molecule has 24 heavy (non-hydrogen) atoms. The maximum atomic E-state index is 12.1. The zero-order valence-electron chi connectivity index (χ0n) is 14.6. The Morgan fingerprint density at radius 1 is 1.04 bits per heavy atom. The largest absolute Gasteiger partial charge is 0.377 e. The number of nitrogens with zero attached hydrogens (tertiary/aromatic N) is 3. The summed E-state index contributed by atoms with van der Waals surface area (Å²) in [7, 11) is 3.22. The summed E-state index contributed by atoms with van der Waals surface area (Å²) in [5.41, 5.74) is 0.188. The lowest BCUT2D eigenvalue weighted by molar-refractivity contribution is 0.0336. The summed E-state index contributed by atoms with van der Waals surface area (Å²) in [6.45, 7) is 3.82. The molecule has 7 heteroatoms. The minimum Gasteiger partial charge on any atom is -0.377 e. The Balaban J connectivity index is 1.77. The van der Waals surface area contributed by atoms with Gasteiger partial charge in [-0.3, -0.25) is 18.8 Å². The summed E-state index contributed by atoms with van der Waals surface area (Å²) in [6.07, 6.45) is 4.80. The van der Waals surface area contributed by atoms with Gasteiger partial charge in [-0.25, -0.2) is 4.79 Å². The molecule has 2 saturated heterocycles. The van der Waals surface area contributed by atoms with Gasteiger partial charge in [0.1, 0.15) is 0 Å². The normalized spacial score (nSPS) is 24.1. The second-order valence-electron chi connectivity index (χ2n) is 6.84. The number of ether oxygens (including phenoxy) is 2. The molecule has 0 unspecified atom stereocenters. The first-order valence-electron chi connectivity index (χ1n) is 8.76. The summed E-state index contributed by atoms with van der Waals surface area (Å²) in [5.74, 6) is 0. The van der Waals surface area contributed by atoms with E-state index in [0.29, 0.717) is 6.54 Å². The first-order chi connectivity index (χ1) is 11.5. The van der Waals surface area contributed by atoms with Crippen molar-refractivity contribution in [2.45, 2.75) is 44.4 Å². The van der Waals surface area contributed by atoms with E-state index in [-0.39, 0.29) is 23.5 Å². The molecular weight excluding hydrogens is 310 g/mol. The van der Waals surface area contributed by atoms with E-state index in [1.54, 1.807) is 17.7 Å². The van der Waals surface area contributed by atoms with Crippen LogP contribution < -0.4 is 11.2 Å². The molecule has 2 aliphatic heterocycles. The van der Waals surface area contributed by atoms with Gasteiger partial charge in [-0.1, -0.05) is 0 Å². The van der Waals surface area contributed by atoms with Gasteiger partial charge in [0.2, 0.25) is 0 Å². The fourth-order valence-corrected chi connectivity index (χ4v) is 3.52. The lowest BCUT2D eigenvalue weighted by Gasteiger charge is -2.28. The Labute approximate surface area is 141 Å². The van der Waals surface area contributed by atoms with Crippen molar-refractivity contribution in [2.24, 2.45) is 14.1 Å². The molecule has 7 nitrogen and oxygen atoms in total. The molecule has 3 rings (SSSR count). The van der Waals surface area contributed by atoms with Gasteiger partial charge in [0.25, 0.3) is 5.56 Å². The highest BCUT2D eigenvalue weighted by Crippen LogP contribution is 2.18. The fraction of sp³-hybridized carbons (Fsp3) is 0.765. The minimum atomic E-state index is -0.285. The molecule has 0 aliphatic carbocycles. The SMILES string of the molecule is Cn1c(CN(C[C@@H]2CCCO2)C[C@@H]2CCCO2)cc(=O)n(C)c1=O. The molecule has 2 aliphatic rings. The van der Waals surface area contributed by atoms with Crippen molar-refractivity contribution in [1.82, 2.24) is 14.0 Å². The number of aromatic nitrogens is 2. The first-order valence-corrected chi connectivity index (χ1v) is 8.76. The van der Waals surface area contributed by atoms with Crippen LogP contribution in [-0.2, 0) is 30.1 Å². The van der Waals surface area contributed by atoms with Crippen LogP contribution in [0.2, 0.25) is 0 Å². The van der Waals surface area contributed by atoms with Crippen molar-refractivity contribution in [1.29, 1.82) is 0 Å². The number of hydrogen-bond donors (Lipinski definition) is 0. The summed E-state index contributed by atoms with van der Waals surface area (Å²) in [6, 6.07) is 1.55. The zero-order valence-corrected chi connectivity index (χ0v) is 14.6. The van der Waals surface area contributed by atoms with Crippen molar-refractivity contribution >= 4 is 0 Å². The highest BCUT2D eigenvalue weighted by Gasteiger charge is 2.24. The molecule has 0 amide bonds. The topological polar surface area (TPSA) is 65.7 Å². The molecule has 0 saturated carbocycles. The zero-order chi connectivity index (χ0) is 17.1. The molecule has 2 fully saturated rings. The van der Waals surface area contributed by atoms with E-state index in [0.717, 1.165) is 62.2 Å². The molecule has 0 bridgehead atoms. The standard InChI is InChI=1S/C17H27N3O4/c1-18-13(9-16(21)19(2)17(18)22)10-20(11-14-5-3-7-23-14)12-15-6-4-8-24-15/h9,14-15H,3-8,10-12H2,1-2H3/t14-,15-/m0/s1. The average Bonchev–Trinajstić information content (AvgIpc) is 3.24. The van der Waals surface area contributed by atoms with E-state index in [4.69, 9.17) is 9.47 Å². The highest BCUT2D eigenvalue weighted by atomic mass is 16.5. The maximum Gasteiger partial charge on any atom is 0.330 e. The maximum absolute atomic E-state index is 12.1. The summed E-state index contributed by atoms with van der Waals surface area (Å²) < 4.78 is 14.2. The molecule has 134 valence electrons. The van der Waals surface area contributed by atoms with Gasteiger partial charge in [-0.05, 0) is 25.7 Å². The minimum absolute atomic E-state index is 0.231. The van der Waals surface area contributed by atoms with E-state index in [1.165, 1.54) is 7.05 Å². The molecule has 0 N–H and O–H groups in total. The Kier molecular flexibility index (Phi) is 5.53. The number of rotatable bonds is 6. The van der Waals surface area contributed by atoms with Crippen LogP contribution in [0, 0.1) is 0 Å². The molecule has 3 heterocycles. The Hall–Kier alpha value is -1.44. The monoisotopic (exact) mass is 337 g/mol. The van der Waals surface area contributed by atoms with Crippen molar-refractivity contribution in [2.75, 3.05) is 26.3 Å². The molecule has 2 atom stereocenters. The van der Waals surface area contributed by atoms with E-state index < -0.39 is 0 Å². The first kappa shape index (κ1) is 17.4. The van der Waals surface area contributed by atoms with Crippen LogP contribution in [0.15, 0.2) is 15.7 Å². The predicted molar refractivity (Wildman–Crippen MR) is 90.1 cm³/mol. The Morgan fingerprint density at radius 2 is 1.62 bits per heavy atom. The van der Waals surface area contributed by atoms with Gasteiger partial charge >= 0.3 is 5.69 Å². The van der Waals surface area contributed by atoms with Crippen molar-refractivity contribution in [3.8, 4) is 0 Å². The van der Waals surface area contributed by atoms with Crippen LogP contribution in [0.4, 0.5) is 0 Å². The van der Waals surface area contributed by atoms with Crippen LogP contribution in [0.3, 0.4) is 0 Å². The van der Waals surface area contributed by atoms with Gasteiger partial charge in [0.05, 0.1) is 12.2 Å². The van der Waals surface area contributed by atoms with E-state index in [9.17, 15) is 9.59 Å². The second kappa shape index (κ2) is 7.63. The molecule has 1 aromatic heterocycles. The van der Waals surface area contributed by atoms with Gasteiger partial charge in [0, 0.05) is 58.7 Å². The van der Waals surface area contributed by atoms with Crippen LogP contribution in [0.25, 0.3) is 0 Å². The van der Waals surface area contributed by atoms with Crippen LogP contribution >= 0.6 is 0 Å². The molecule has 0 aromatic carbocycles. The lowest BCUT2D eigenvalue weighted by Crippen LogP contribution is -2.42. The van der Waals surface area contributed by atoms with E-state index in [1.807, 2.05) is 0 Å². The fourth-order valence-electron chi connectivity index (χ4n) is 3.52. The molecule has 0 spiro atoms. The Bertz CT molecular complexity index is 651.